The number of nitrogens with two attached hydrogens (primary N) is 1. The summed E-state index contributed by atoms with van der Waals surface area (Å²) in [7, 11) is 0. The van der Waals surface area contributed by atoms with Crippen molar-refractivity contribution >= 4 is 5.69 Å². The Balaban J connectivity index is 2.50. The first-order valence-corrected chi connectivity index (χ1v) is 5.48. The van der Waals surface area contributed by atoms with Crippen LogP contribution in [0, 0.1) is 11.3 Å². The summed E-state index contributed by atoms with van der Waals surface area (Å²) in [5.74, 6) is 0.372. The van der Waals surface area contributed by atoms with E-state index in [2.05, 4.69) is 25.0 Å². The van der Waals surface area contributed by atoms with Gasteiger partial charge >= 0.3 is 0 Å². The molecule has 0 radical (unpaired) electrons. The molecule has 0 aliphatic rings. The molecule has 0 fully saturated rings. The highest BCUT2D eigenvalue weighted by Gasteiger charge is 2.09. The zero-order valence-electron chi connectivity index (χ0n) is 9.88. The predicted molar refractivity (Wildman–Crippen MR) is 66.8 cm³/mol. The van der Waals surface area contributed by atoms with E-state index in [1.807, 2.05) is 18.3 Å². The monoisotopic (exact) mass is 226 g/mol. The molecular weight excluding hydrogens is 212 g/mol. The Morgan fingerprint density at radius 2 is 2.12 bits per heavy atom. The number of anilines is 1. The van der Waals surface area contributed by atoms with Crippen LogP contribution in [0.1, 0.15) is 31.0 Å². The smallest absolute Gasteiger partial charge is 0.101 e. The van der Waals surface area contributed by atoms with Crippen LogP contribution >= 0.6 is 0 Å². The maximum atomic E-state index is 8.92. The number of nitriles is 1. The summed E-state index contributed by atoms with van der Waals surface area (Å²) in [5.41, 5.74) is 8.62. The van der Waals surface area contributed by atoms with Gasteiger partial charge < -0.3 is 5.73 Å². The van der Waals surface area contributed by atoms with E-state index in [-0.39, 0.29) is 0 Å². The van der Waals surface area contributed by atoms with E-state index in [4.69, 9.17) is 11.0 Å². The molecule has 2 N–H and O–H groups in total. The van der Waals surface area contributed by atoms with Crippen LogP contribution in [0.5, 0.6) is 0 Å². The van der Waals surface area contributed by atoms with Gasteiger partial charge in [-0.25, -0.2) is 4.68 Å². The Labute approximate surface area is 100 Å². The van der Waals surface area contributed by atoms with Crippen molar-refractivity contribution in [2.24, 2.45) is 0 Å². The second kappa shape index (κ2) is 4.30. The van der Waals surface area contributed by atoms with E-state index in [1.54, 1.807) is 16.8 Å². The molecule has 4 nitrogen and oxygen atoms in total. The van der Waals surface area contributed by atoms with Crippen LogP contribution in [0.2, 0.25) is 0 Å². The quantitative estimate of drug-likeness (QED) is 0.800. The molecule has 1 aromatic heterocycles. The van der Waals surface area contributed by atoms with Crippen LogP contribution in [0.4, 0.5) is 5.69 Å². The molecule has 86 valence electrons. The molecule has 1 heterocycles. The first-order chi connectivity index (χ1) is 8.13. The summed E-state index contributed by atoms with van der Waals surface area (Å²) < 4.78 is 1.71. The maximum absolute atomic E-state index is 8.92. The zero-order chi connectivity index (χ0) is 12.4. The molecular formula is C13H14N4. The number of rotatable bonds is 2. The largest absolute Gasteiger partial charge is 0.396 e. The van der Waals surface area contributed by atoms with Crippen LogP contribution in [0.3, 0.4) is 0 Å². The highest BCUT2D eigenvalue weighted by molar-refractivity contribution is 5.66. The number of hydrogen-bond acceptors (Lipinski definition) is 3. The normalized spacial score (nSPS) is 10.5. The van der Waals surface area contributed by atoms with E-state index < -0.39 is 0 Å². The summed E-state index contributed by atoms with van der Waals surface area (Å²) >= 11 is 0. The van der Waals surface area contributed by atoms with Crippen molar-refractivity contribution in [2.45, 2.75) is 19.8 Å². The Hall–Kier alpha value is -2.28. The molecule has 17 heavy (non-hydrogen) atoms. The average molecular weight is 226 g/mol. The van der Waals surface area contributed by atoms with Crippen LogP contribution in [0.15, 0.2) is 30.5 Å². The van der Waals surface area contributed by atoms with Gasteiger partial charge in [-0.3, -0.25) is 0 Å². The molecule has 0 aliphatic heterocycles. The van der Waals surface area contributed by atoms with Gasteiger partial charge in [0, 0.05) is 6.20 Å². The summed E-state index contributed by atoms with van der Waals surface area (Å²) in [6.07, 6.45) is 1.86. The zero-order valence-corrected chi connectivity index (χ0v) is 9.88. The average Bonchev–Trinajstić information content (AvgIpc) is 2.78. The number of nitrogens with zero attached hydrogens (tertiary/aromatic N) is 3. The van der Waals surface area contributed by atoms with Gasteiger partial charge in [-0.1, -0.05) is 19.9 Å². The van der Waals surface area contributed by atoms with E-state index >= 15 is 0 Å². The molecule has 2 rings (SSSR count). The van der Waals surface area contributed by atoms with Crippen molar-refractivity contribution in [2.75, 3.05) is 5.73 Å². The summed E-state index contributed by atoms with van der Waals surface area (Å²) in [4.78, 5) is 0. The van der Waals surface area contributed by atoms with Gasteiger partial charge in [0.15, 0.2) is 0 Å². The van der Waals surface area contributed by atoms with Gasteiger partial charge in [0.05, 0.1) is 22.6 Å². The molecule has 0 saturated carbocycles. The lowest BCUT2D eigenvalue weighted by molar-refractivity contribution is 0.769. The van der Waals surface area contributed by atoms with Crippen LogP contribution in [0.25, 0.3) is 5.69 Å². The molecule has 0 bridgehead atoms. The highest BCUT2D eigenvalue weighted by Crippen LogP contribution is 2.21. The lowest BCUT2D eigenvalue weighted by Gasteiger charge is -2.07. The molecule has 0 spiro atoms. The third-order valence-electron chi connectivity index (χ3n) is 2.65. The second-order valence-corrected chi connectivity index (χ2v) is 4.19. The van der Waals surface area contributed by atoms with Crippen molar-refractivity contribution in [1.29, 1.82) is 5.26 Å². The van der Waals surface area contributed by atoms with Crippen molar-refractivity contribution < 1.29 is 0 Å². The summed E-state index contributed by atoms with van der Waals surface area (Å²) in [5, 5.41) is 13.4. The van der Waals surface area contributed by atoms with E-state index in [0.29, 0.717) is 17.2 Å². The minimum absolute atomic E-state index is 0.372. The first-order valence-electron chi connectivity index (χ1n) is 5.48. The Kier molecular flexibility index (Phi) is 2.84. The minimum atomic E-state index is 0.372. The number of nitrogen functional groups attached to an aromatic ring is 1. The second-order valence-electron chi connectivity index (χ2n) is 4.19. The van der Waals surface area contributed by atoms with Crippen LogP contribution in [-0.2, 0) is 0 Å². The molecule has 0 aliphatic carbocycles. The summed E-state index contributed by atoms with van der Waals surface area (Å²) in [6, 6.07) is 9.39. The molecule has 2 aromatic rings. The molecule has 4 heteroatoms. The van der Waals surface area contributed by atoms with E-state index in [0.717, 1.165) is 11.4 Å². The van der Waals surface area contributed by atoms with E-state index in [1.165, 1.54) is 0 Å². The third kappa shape index (κ3) is 2.00. The predicted octanol–water partition coefficient (Wildman–Crippen LogP) is 2.45. The number of para-hydroxylation sites is 1. The third-order valence-corrected chi connectivity index (χ3v) is 2.65. The Morgan fingerprint density at radius 3 is 2.71 bits per heavy atom. The fourth-order valence-corrected chi connectivity index (χ4v) is 1.63. The van der Waals surface area contributed by atoms with Gasteiger partial charge in [-0.2, -0.15) is 10.4 Å². The lowest BCUT2D eigenvalue weighted by atomic mass is 10.1. The van der Waals surface area contributed by atoms with Gasteiger partial charge in [0.1, 0.15) is 6.07 Å². The Morgan fingerprint density at radius 1 is 1.35 bits per heavy atom. The molecule has 0 amide bonds. The highest BCUT2D eigenvalue weighted by atomic mass is 15.3. The van der Waals surface area contributed by atoms with Crippen molar-refractivity contribution in [3.8, 4) is 11.8 Å². The topological polar surface area (TPSA) is 67.6 Å². The van der Waals surface area contributed by atoms with Gasteiger partial charge in [0.2, 0.25) is 0 Å². The van der Waals surface area contributed by atoms with Gasteiger partial charge in [-0.05, 0) is 24.1 Å². The van der Waals surface area contributed by atoms with Crippen molar-refractivity contribution in [1.82, 2.24) is 9.78 Å². The number of hydrogen-bond donors (Lipinski definition) is 1. The first kappa shape index (κ1) is 11.2. The van der Waals surface area contributed by atoms with E-state index in [9.17, 15) is 0 Å². The molecule has 1 aromatic carbocycles. The number of aromatic nitrogens is 2. The lowest BCUT2D eigenvalue weighted by Crippen LogP contribution is -2.03. The fraction of sp³-hybridized carbons (Fsp3) is 0.231. The standard InChI is InChI=1S/C13H14N4/c1-9(2)11-6-7-17(16-11)12-5-3-4-10(8-14)13(12)15/h3-7,9H,15H2,1-2H3. The van der Waals surface area contributed by atoms with Crippen LogP contribution in [-0.4, -0.2) is 9.78 Å². The SMILES string of the molecule is CC(C)c1ccn(-c2cccc(C#N)c2N)n1. The number of benzene rings is 1. The Bertz CT molecular complexity index is 575. The van der Waals surface area contributed by atoms with Crippen molar-refractivity contribution in [3.05, 3.63) is 41.7 Å². The molecule has 0 unspecified atom stereocenters. The van der Waals surface area contributed by atoms with Crippen LogP contribution < -0.4 is 5.73 Å². The maximum Gasteiger partial charge on any atom is 0.101 e. The molecule has 0 saturated heterocycles. The summed E-state index contributed by atoms with van der Waals surface area (Å²) in [6.45, 7) is 4.17. The molecule has 0 atom stereocenters. The van der Waals surface area contributed by atoms with Gasteiger partial charge in [-0.15, -0.1) is 0 Å². The van der Waals surface area contributed by atoms with Gasteiger partial charge in [0.25, 0.3) is 0 Å². The fourth-order valence-electron chi connectivity index (χ4n) is 1.63. The van der Waals surface area contributed by atoms with Crippen molar-refractivity contribution in [3.63, 3.8) is 0 Å². The minimum Gasteiger partial charge on any atom is -0.396 e.